The number of carboxylic acid groups (broad SMARTS) is 1. The Kier molecular flexibility index (Phi) is 1.16. The number of aliphatic hydroxyl groups is 1. The molecule has 0 heterocycles. The van der Waals surface area contributed by atoms with Crippen molar-refractivity contribution in [3.05, 3.63) is 12.2 Å². The number of rotatable bonds is 1. The topological polar surface area (TPSA) is 57.5 Å². The molecule has 3 nitrogen and oxygen atoms in total. The van der Waals surface area contributed by atoms with Crippen LogP contribution in [0.3, 0.4) is 0 Å². The van der Waals surface area contributed by atoms with Crippen LogP contribution in [-0.4, -0.2) is 21.8 Å². The molecule has 60 valence electrons. The van der Waals surface area contributed by atoms with Gasteiger partial charge < -0.3 is 10.2 Å². The van der Waals surface area contributed by atoms with Gasteiger partial charge >= 0.3 is 5.97 Å². The van der Waals surface area contributed by atoms with Gasteiger partial charge in [0, 0.05) is 5.92 Å². The average molecular weight is 154 g/mol. The molecule has 0 saturated heterocycles. The Morgan fingerprint density at radius 3 is 2.55 bits per heavy atom. The monoisotopic (exact) mass is 154 g/mol. The normalized spacial score (nSPS) is 46.6. The fourth-order valence-corrected chi connectivity index (χ4v) is 2.08. The second kappa shape index (κ2) is 1.85. The van der Waals surface area contributed by atoms with Crippen molar-refractivity contribution in [3.8, 4) is 0 Å². The fourth-order valence-electron chi connectivity index (χ4n) is 2.08. The van der Waals surface area contributed by atoms with E-state index < -0.39 is 11.6 Å². The second-order valence-electron chi connectivity index (χ2n) is 3.42. The van der Waals surface area contributed by atoms with Crippen molar-refractivity contribution in [2.75, 3.05) is 0 Å². The molecule has 2 aliphatic carbocycles. The first kappa shape index (κ1) is 6.85. The maximum atomic E-state index is 10.6. The van der Waals surface area contributed by atoms with Gasteiger partial charge in [-0.15, -0.1) is 0 Å². The van der Waals surface area contributed by atoms with Crippen molar-refractivity contribution in [1.82, 2.24) is 0 Å². The minimum absolute atomic E-state index is 0.148. The molecule has 0 spiro atoms. The van der Waals surface area contributed by atoms with E-state index in [2.05, 4.69) is 0 Å². The zero-order valence-corrected chi connectivity index (χ0v) is 6.03. The molecule has 0 aliphatic heterocycles. The Balaban J connectivity index is 2.30. The molecular weight excluding hydrogens is 144 g/mol. The van der Waals surface area contributed by atoms with E-state index in [9.17, 15) is 9.90 Å². The van der Waals surface area contributed by atoms with Crippen LogP contribution in [0.25, 0.3) is 0 Å². The van der Waals surface area contributed by atoms with Gasteiger partial charge in [0.2, 0.25) is 0 Å². The summed E-state index contributed by atoms with van der Waals surface area (Å²) in [6.45, 7) is 0. The van der Waals surface area contributed by atoms with Crippen LogP contribution in [0.2, 0.25) is 0 Å². The van der Waals surface area contributed by atoms with Crippen LogP contribution in [0.4, 0.5) is 0 Å². The number of hydrogen-bond donors (Lipinski definition) is 2. The average Bonchev–Trinajstić information content (AvgIpc) is 2.45. The summed E-state index contributed by atoms with van der Waals surface area (Å²) in [7, 11) is 0. The molecule has 0 radical (unpaired) electrons. The number of carbonyl (C=O) groups is 1. The van der Waals surface area contributed by atoms with Crippen LogP contribution < -0.4 is 0 Å². The van der Waals surface area contributed by atoms with Crippen molar-refractivity contribution >= 4 is 5.97 Å². The number of allylic oxidation sites excluding steroid dienone is 1. The van der Waals surface area contributed by atoms with Crippen molar-refractivity contribution in [1.29, 1.82) is 0 Å². The lowest BCUT2D eigenvalue weighted by Crippen LogP contribution is -2.42. The van der Waals surface area contributed by atoms with Crippen molar-refractivity contribution in [2.45, 2.75) is 18.4 Å². The van der Waals surface area contributed by atoms with Gasteiger partial charge in [0.05, 0.1) is 0 Å². The largest absolute Gasteiger partial charge is 0.479 e. The highest BCUT2D eigenvalue weighted by atomic mass is 16.4. The smallest absolute Gasteiger partial charge is 0.336 e. The van der Waals surface area contributed by atoms with Gasteiger partial charge in [0.15, 0.2) is 5.60 Å². The summed E-state index contributed by atoms with van der Waals surface area (Å²) in [5, 5.41) is 18.3. The van der Waals surface area contributed by atoms with E-state index in [4.69, 9.17) is 5.11 Å². The molecule has 0 aromatic carbocycles. The Morgan fingerprint density at radius 2 is 2.27 bits per heavy atom. The van der Waals surface area contributed by atoms with Crippen LogP contribution >= 0.6 is 0 Å². The van der Waals surface area contributed by atoms with E-state index >= 15 is 0 Å². The van der Waals surface area contributed by atoms with Crippen molar-refractivity contribution in [2.24, 2.45) is 11.8 Å². The number of carboxylic acids is 1. The third-order valence-corrected chi connectivity index (χ3v) is 2.73. The number of aliphatic carboxylic acids is 1. The summed E-state index contributed by atoms with van der Waals surface area (Å²) in [6, 6.07) is 0. The molecule has 11 heavy (non-hydrogen) atoms. The fraction of sp³-hybridized carbons (Fsp3) is 0.625. The van der Waals surface area contributed by atoms with E-state index in [-0.39, 0.29) is 5.92 Å². The third-order valence-electron chi connectivity index (χ3n) is 2.73. The Labute approximate surface area is 64.3 Å². The van der Waals surface area contributed by atoms with Crippen LogP contribution in [0.15, 0.2) is 12.2 Å². The highest BCUT2D eigenvalue weighted by molar-refractivity contribution is 5.79. The molecule has 2 N–H and O–H groups in total. The van der Waals surface area contributed by atoms with E-state index in [0.29, 0.717) is 12.3 Å². The van der Waals surface area contributed by atoms with E-state index in [1.807, 2.05) is 12.2 Å². The summed E-state index contributed by atoms with van der Waals surface area (Å²) < 4.78 is 0. The minimum Gasteiger partial charge on any atom is -0.479 e. The minimum atomic E-state index is -1.46. The SMILES string of the molecule is O=C(O)[C@]1(O)C[C@@H]2C=C[C@@H]1C2. The molecule has 2 aliphatic rings. The van der Waals surface area contributed by atoms with E-state index in [1.54, 1.807) is 0 Å². The van der Waals surface area contributed by atoms with Gasteiger partial charge in [-0.05, 0) is 18.8 Å². The Bertz CT molecular complexity index is 233. The molecule has 1 saturated carbocycles. The molecule has 0 aromatic rings. The van der Waals surface area contributed by atoms with E-state index in [0.717, 1.165) is 6.42 Å². The van der Waals surface area contributed by atoms with Gasteiger partial charge in [0.25, 0.3) is 0 Å². The summed E-state index contributed by atoms with van der Waals surface area (Å²) in [4.78, 5) is 10.6. The zero-order valence-electron chi connectivity index (χ0n) is 6.03. The molecule has 1 fully saturated rings. The molecule has 0 amide bonds. The summed E-state index contributed by atoms with van der Waals surface area (Å²) >= 11 is 0. The predicted molar refractivity (Wildman–Crippen MR) is 37.9 cm³/mol. The molecule has 0 aromatic heterocycles. The zero-order chi connectivity index (χ0) is 8.06. The summed E-state index contributed by atoms with van der Waals surface area (Å²) in [5.74, 6) is -0.930. The molecule has 3 atom stereocenters. The lowest BCUT2D eigenvalue weighted by atomic mass is 9.89. The van der Waals surface area contributed by atoms with Gasteiger partial charge in [-0.3, -0.25) is 0 Å². The van der Waals surface area contributed by atoms with Gasteiger partial charge in [-0.2, -0.15) is 0 Å². The van der Waals surface area contributed by atoms with Crippen molar-refractivity contribution < 1.29 is 15.0 Å². The molecular formula is C8H10O3. The summed E-state index contributed by atoms with van der Waals surface area (Å²) in [6.07, 6.45) is 5.02. The second-order valence-corrected chi connectivity index (χ2v) is 3.42. The quantitative estimate of drug-likeness (QED) is 0.537. The molecule has 2 rings (SSSR count). The standard InChI is InChI=1S/C8H10O3/c9-7(10)8(11)4-5-1-2-6(8)3-5/h1-2,5-6,11H,3-4H2,(H,9,10)/t5-,6-,8+/m1/s1. The first-order chi connectivity index (χ1) is 5.13. The lowest BCUT2D eigenvalue weighted by molar-refractivity contribution is -0.161. The highest BCUT2D eigenvalue weighted by Crippen LogP contribution is 2.46. The first-order valence-electron chi connectivity index (χ1n) is 3.77. The van der Waals surface area contributed by atoms with Crippen LogP contribution in [0.5, 0.6) is 0 Å². The molecule has 0 unspecified atom stereocenters. The molecule has 3 heteroatoms. The van der Waals surface area contributed by atoms with E-state index in [1.165, 1.54) is 0 Å². The first-order valence-corrected chi connectivity index (χ1v) is 3.77. The Hall–Kier alpha value is -0.830. The van der Waals surface area contributed by atoms with Crippen molar-refractivity contribution in [3.63, 3.8) is 0 Å². The summed E-state index contributed by atoms with van der Waals surface area (Å²) in [5.41, 5.74) is -1.46. The number of fused-ring (bicyclic) bond motifs is 2. The maximum absolute atomic E-state index is 10.6. The third kappa shape index (κ3) is 0.744. The van der Waals surface area contributed by atoms with Gasteiger partial charge in [-0.25, -0.2) is 4.79 Å². The lowest BCUT2D eigenvalue weighted by Gasteiger charge is -2.24. The number of hydrogen-bond acceptors (Lipinski definition) is 2. The Morgan fingerprint density at radius 1 is 1.55 bits per heavy atom. The highest BCUT2D eigenvalue weighted by Gasteiger charge is 2.52. The van der Waals surface area contributed by atoms with Crippen LogP contribution in [0.1, 0.15) is 12.8 Å². The van der Waals surface area contributed by atoms with Crippen LogP contribution in [-0.2, 0) is 4.79 Å². The molecule has 2 bridgehead atoms. The van der Waals surface area contributed by atoms with Crippen LogP contribution in [0, 0.1) is 11.8 Å². The van der Waals surface area contributed by atoms with Gasteiger partial charge in [0.1, 0.15) is 0 Å². The predicted octanol–water partition coefficient (Wildman–Crippen LogP) is 0.398. The van der Waals surface area contributed by atoms with Gasteiger partial charge in [-0.1, -0.05) is 12.2 Å². The maximum Gasteiger partial charge on any atom is 0.336 e.